The molecular formula is C21H22F3N5O2. The van der Waals surface area contributed by atoms with Gasteiger partial charge >= 0.3 is 6.18 Å². The molecule has 1 unspecified atom stereocenters. The van der Waals surface area contributed by atoms with E-state index in [2.05, 4.69) is 20.0 Å². The maximum absolute atomic E-state index is 12.6. The van der Waals surface area contributed by atoms with Gasteiger partial charge in [-0.3, -0.25) is 9.67 Å². The number of benzene rings is 1. The number of aryl methyl sites for hydroxylation is 1. The molecule has 1 fully saturated rings. The van der Waals surface area contributed by atoms with Crippen molar-refractivity contribution in [2.45, 2.75) is 18.7 Å². The van der Waals surface area contributed by atoms with Crippen LogP contribution in [0.3, 0.4) is 0 Å². The lowest BCUT2D eigenvalue weighted by Crippen LogP contribution is -2.39. The number of rotatable bonds is 6. The minimum absolute atomic E-state index is 0.188. The van der Waals surface area contributed by atoms with Gasteiger partial charge in [-0.15, -0.1) is 0 Å². The fourth-order valence-corrected chi connectivity index (χ4v) is 3.43. The molecule has 10 heteroatoms. The molecule has 3 heterocycles. The van der Waals surface area contributed by atoms with Gasteiger partial charge in [-0.25, -0.2) is 4.98 Å². The van der Waals surface area contributed by atoms with Crippen LogP contribution < -0.4 is 9.64 Å². The van der Waals surface area contributed by atoms with Gasteiger partial charge in [0.1, 0.15) is 17.7 Å². The summed E-state index contributed by atoms with van der Waals surface area (Å²) in [7, 11) is 1.85. The predicted octanol–water partition coefficient (Wildman–Crippen LogP) is 3.43. The highest BCUT2D eigenvalue weighted by Gasteiger charge is 2.30. The quantitative estimate of drug-likeness (QED) is 0.594. The number of morpholine rings is 1. The van der Waals surface area contributed by atoms with Gasteiger partial charge in [0, 0.05) is 38.1 Å². The lowest BCUT2D eigenvalue weighted by Gasteiger charge is -2.32. The molecule has 1 aliphatic rings. The summed E-state index contributed by atoms with van der Waals surface area (Å²) in [5.41, 5.74) is 1.07. The first-order chi connectivity index (χ1) is 14.9. The Balaban J connectivity index is 1.34. The normalized spacial score (nSPS) is 17.0. The Morgan fingerprint density at radius 3 is 2.71 bits per heavy atom. The third-order valence-corrected chi connectivity index (χ3v) is 5.07. The zero-order valence-electron chi connectivity index (χ0n) is 16.9. The summed E-state index contributed by atoms with van der Waals surface area (Å²) in [6.07, 6.45) is 1.05. The van der Waals surface area contributed by atoms with Gasteiger partial charge in [0.25, 0.3) is 0 Å². The molecule has 0 N–H and O–H groups in total. The van der Waals surface area contributed by atoms with E-state index in [1.54, 1.807) is 23.3 Å². The van der Waals surface area contributed by atoms with Crippen molar-refractivity contribution in [3.63, 3.8) is 0 Å². The lowest BCUT2D eigenvalue weighted by atomic mass is 10.2. The molecule has 164 valence electrons. The minimum atomic E-state index is -4.35. The second kappa shape index (κ2) is 8.93. The van der Waals surface area contributed by atoms with Crippen LogP contribution in [-0.4, -0.2) is 46.1 Å². The summed E-state index contributed by atoms with van der Waals surface area (Å²) < 4.78 is 51.2. The third-order valence-electron chi connectivity index (χ3n) is 5.07. The Hall–Kier alpha value is -3.14. The second-order valence-electron chi connectivity index (χ2n) is 7.17. The highest BCUT2D eigenvalue weighted by atomic mass is 19.4. The molecule has 0 spiro atoms. The minimum Gasteiger partial charge on any atom is -0.493 e. The fourth-order valence-electron chi connectivity index (χ4n) is 3.43. The number of hydrogen-bond donors (Lipinski definition) is 0. The van der Waals surface area contributed by atoms with E-state index >= 15 is 0 Å². The smallest absolute Gasteiger partial charge is 0.416 e. The lowest BCUT2D eigenvalue weighted by molar-refractivity contribution is -0.137. The van der Waals surface area contributed by atoms with Crippen LogP contribution in [0.1, 0.15) is 23.1 Å². The number of hydrogen-bond acceptors (Lipinski definition) is 6. The van der Waals surface area contributed by atoms with Crippen molar-refractivity contribution in [1.29, 1.82) is 0 Å². The van der Waals surface area contributed by atoms with Crippen LogP contribution in [0.5, 0.6) is 5.75 Å². The Bertz CT molecular complexity index is 992. The second-order valence-corrected chi connectivity index (χ2v) is 7.17. The molecule has 7 nitrogen and oxygen atoms in total. The van der Waals surface area contributed by atoms with E-state index in [4.69, 9.17) is 9.47 Å². The summed E-state index contributed by atoms with van der Waals surface area (Å²) in [6.45, 7) is 2.23. The van der Waals surface area contributed by atoms with Crippen LogP contribution in [-0.2, 0) is 24.4 Å². The highest BCUT2D eigenvalue weighted by Crippen LogP contribution is 2.30. The third kappa shape index (κ3) is 5.13. The summed E-state index contributed by atoms with van der Waals surface area (Å²) >= 11 is 0. The SMILES string of the molecule is Cn1nc(C2CN(c3cnccn3)CCO2)cc1CCOc1ccc(C(F)(F)F)cc1. The van der Waals surface area contributed by atoms with Crippen LogP contribution in [0.15, 0.2) is 48.9 Å². The molecule has 1 aliphatic heterocycles. The van der Waals surface area contributed by atoms with E-state index in [9.17, 15) is 13.2 Å². The summed E-state index contributed by atoms with van der Waals surface area (Å²) in [6, 6.07) is 6.66. The van der Waals surface area contributed by atoms with E-state index < -0.39 is 11.7 Å². The summed E-state index contributed by atoms with van der Waals surface area (Å²) in [5.74, 6) is 1.20. The van der Waals surface area contributed by atoms with Crippen molar-refractivity contribution >= 4 is 5.82 Å². The van der Waals surface area contributed by atoms with Gasteiger partial charge in [0.15, 0.2) is 0 Å². The van der Waals surface area contributed by atoms with Gasteiger partial charge in [0.05, 0.1) is 37.2 Å². The largest absolute Gasteiger partial charge is 0.493 e. The molecule has 0 saturated carbocycles. The number of ether oxygens (including phenoxy) is 2. The van der Waals surface area contributed by atoms with E-state index in [1.165, 1.54) is 12.1 Å². The first-order valence-electron chi connectivity index (χ1n) is 9.85. The van der Waals surface area contributed by atoms with E-state index in [1.807, 2.05) is 13.1 Å². The van der Waals surface area contributed by atoms with Gasteiger partial charge in [0.2, 0.25) is 0 Å². The molecule has 3 aromatic rings. The number of anilines is 1. The summed E-state index contributed by atoms with van der Waals surface area (Å²) in [4.78, 5) is 10.6. The van der Waals surface area contributed by atoms with E-state index in [0.717, 1.165) is 35.9 Å². The van der Waals surface area contributed by atoms with Crippen LogP contribution in [0.25, 0.3) is 0 Å². The highest BCUT2D eigenvalue weighted by molar-refractivity contribution is 5.36. The average molecular weight is 433 g/mol. The standard InChI is InChI=1S/C21H22F3N5O2/c1-28-16(6-10-30-17-4-2-15(3-5-17)21(22,23)24)12-18(27-28)19-14-29(9-11-31-19)20-13-25-7-8-26-20/h2-5,7-8,12-13,19H,6,9-11,14H2,1H3. The molecule has 2 aromatic heterocycles. The molecule has 4 rings (SSSR count). The molecule has 31 heavy (non-hydrogen) atoms. The van der Waals surface area contributed by atoms with Crippen LogP contribution in [0.2, 0.25) is 0 Å². The zero-order valence-corrected chi connectivity index (χ0v) is 16.9. The van der Waals surface area contributed by atoms with Crippen molar-refractivity contribution in [1.82, 2.24) is 19.7 Å². The van der Waals surface area contributed by atoms with Crippen molar-refractivity contribution in [2.75, 3.05) is 31.2 Å². The molecule has 1 aromatic carbocycles. The van der Waals surface area contributed by atoms with Crippen LogP contribution in [0, 0.1) is 0 Å². The number of alkyl halides is 3. The van der Waals surface area contributed by atoms with Gasteiger partial charge in [-0.1, -0.05) is 0 Å². The zero-order chi connectivity index (χ0) is 21.8. The Labute approximate surface area is 177 Å². The number of nitrogens with zero attached hydrogens (tertiary/aromatic N) is 5. The molecule has 0 amide bonds. The summed E-state index contributed by atoms with van der Waals surface area (Å²) in [5, 5.41) is 4.58. The topological polar surface area (TPSA) is 65.3 Å². The fraction of sp³-hybridized carbons (Fsp3) is 0.381. The molecule has 0 radical (unpaired) electrons. The van der Waals surface area contributed by atoms with E-state index in [-0.39, 0.29) is 6.10 Å². The molecule has 1 atom stereocenters. The molecule has 0 aliphatic carbocycles. The number of aromatic nitrogens is 4. The predicted molar refractivity (Wildman–Crippen MR) is 107 cm³/mol. The van der Waals surface area contributed by atoms with Gasteiger partial charge in [-0.2, -0.15) is 18.3 Å². The van der Waals surface area contributed by atoms with Crippen LogP contribution >= 0.6 is 0 Å². The van der Waals surface area contributed by atoms with Crippen LogP contribution in [0.4, 0.5) is 19.0 Å². The van der Waals surface area contributed by atoms with Crippen molar-refractivity contribution < 1.29 is 22.6 Å². The van der Waals surface area contributed by atoms with Gasteiger partial charge < -0.3 is 14.4 Å². The first kappa shape index (κ1) is 21.1. The van der Waals surface area contributed by atoms with Crippen molar-refractivity contribution in [2.24, 2.45) is 7.05 Å². The number of halogens is 3. The van der Waals surface area contributed by atoms with Crippen molar-refractivity contribution in [3.8, 4) is 5.75 Å². The Morgan fingerprint density at radius 1 is 1.19 bits per heavy atom. The Morgan fingerprint density at radius 2 is 2.00 bits per heavy atom. The molecule has 0 bridgehead atoms. The maximum Gasteiger partial charge on any atom is 0.416 e. The monoisotopic (exact) mass is 433 g/mol. The molecule has 1 saturated heterocycles. The van der Waals surface area contributed by atoms with Gasteiger partial charge in [-0.05, 0) is 30.3 Å². The Kier molecular flexibility index (Phi) is 6.08. The average Bonchev–Trinajstić information content (AvgIpc) is 3.15. The molecular weight excluding hydrogens is 411 g/mol. The first-order valence-corrected chi connectivity index (χ1v) is 9.85. The maximum atomic E-state index is 12.6. The van der Waals surface area contributed by atoms with E-state index in [0.29, 0.717) is 31.9 Å². The van der Waals surface area contributed by atoms with Crippen molar-refractivity contribution in [3.05, 3.63) is 65.9 Å².